The molecule has 2 N–H and O–H groups in total. The van der Waals surface area contributed by atoms with Gasteiger partial charge >= 0.3 is 12.0 Å². The van der Waals surface area contributed by atoms with E-state index in [4.69, 9.17) is 0 Å². The lowest BCUT2D eigenvalue weighted by Crippen LogP contribution is -2.44. The van der Waals surface area contributed by atoms with Crippen LogP contribution in [0.5, 0.6) is 0 Å². The van der Waals surface area contributed by atoms with Gasteiger partial charge in [0.25, 0.3) is 0 Å². The number of carbonyl (C=O) groups excluding carboxylic acids is 1. The second-order valence-corrected chi connectivity index (χ2v) is 7.90. The molecule has 20 heavy (non-hydrogen) atoms. The molecule has 0 saturated heterocycles. The van der Waals surface area contributed by atoms with Gasteiger partial charge in [-0.2, -0.15) is 0 Å². The molecular weight excluding hydrogens is 256 g/mol. The first-order chi connectivity index (χ1) is 8.82. The molecule has 5 nitrogen and oxygen atoms in total. The Morgan fingerprint density at radius 2 is 1.60 bits per heavy atom. The van der Waals surface area contributed by atoms with E-state index in [1.165, 1.54) is 0 Å². The maximum Gasteiger partial charge on any atom is 0.317 e. The number of carbonyl (C=O) groups is 2. The molecule has 0 aliphatic carbocycles. The molecule has 0 bridgehead atoms. The van der Waals surface area contributed by atoms with Crippen molar-refractivity contribution < 1.29 is 14.7 Å². The van der Waals surface area contributed by atoms with Crippen molar-refractivity contribution in [2.24, 2.45) is 16.7 Å². The third-order valence-corrected chi connectivity index (χ3v) is 2.77. The first kappa shape index (κ1) is 18.7. The van der Waals surface area contributed by atoms with E-state index in [0.29, 0.717) is 13.0 Å². The fraction of sp³-hybridized carbons (Fsp3) is 0.867. The van der Waals surface area contributed by atoms with Crippen LogP contribution in [0.25, 0.3) is 0 Å². The van der Waals surface area contributed by atoms with E-state index in [9.17, 15) is 14.7 Å². The molecule has 118 valence electrons. The molecule has 0 aliphatic heterocycles. The van der Waals surface area contributed by atoms with Gasteiger partial charge in [0, 0.05) is 20.1 Å². The third-order valence-electron chi connectivity index (χ3n) is 2.77. The molecule has 5 heteroatoms. The first-order valence-corrected chi connectivity index (χ1v) is 7.03. The van der Waals surface area contributed by atoms with Gasteiger partial charge in [-0.25, -0.2) is 4.79 Å². The van der Waals surface area contributed by atoms with E-state index in [-0.39, 0.29) is 23.4 Å². The average Bonchev–Trinajstić information content (AvgIpc) is 2.19. The summed E-state index contributed by atoms with van der Waals surface area (Å²) in [6, 6.07) is -0.222. The molecule has 0 fully saturated rings. The van der Waals surface area contributed by atoms with Crippen LogP contribution in [0, 0.1) is 16.7 Å². The van der Waals surface area contributed by atoms with Gasteiger partial charge in [0.1, 0.15) is 0 Å². The van der Waals surface area contributed by atoms with Crippen molar-refractivity contribution in [3.8, 4) is 0 Å². The zero-order valence-electron chi connectivity index (χ0n) is 13.9. The molecule has 0 radical (unpaired) electrons. The topological polar surface area (TPSA) is 69.6 Å². The van der Waals surface area contributed by atoms with Crippen molar-refractivity contribution in [3.63, 3.8) is 0 Å². The molecule has 2 amide bonds. The third kappa shape index (κ3) is 8.77. The lowest BCUT2D eigenvalue weighted by atomic mass is 9.84. The van der Waals surface area contributed by atoms with Crippen molar-refractivity contribution in [2.75, 3.05) is 20.1 Å². The molecule has 1 atom stereocenters. The maximum absolute atomic E-state index is 11.9. The minimum atomic E-state index is -0.862. The van der Waals surface area contributed by atoms with Gasteiger partial charge in [-0.15, -0.1) is 0 Å². The number of amides is 2. The quantitative estimate of drug-likeness (QED) is 0.816. The van der Waals surface area contributed by atoms with Gasteiger partial charge in [0.05, 0.1) is 5.92 Å². The number of rotatable bonds is 5. The van der Waals surface area contributed by atoms with E-state index >= 15 is 0 Å². The lowest BCUT2D eigenvalue weighted by molar-refractivity contribution is -0.142. The summed E-state index contributed by atoms with van der Waals surface area (Å²) >= 11 is 0. The number of hydrogen-bond donors (Lipinski definition) is 2. The van der Waals surface area contributed by atoms with E-state index < -0.39 is 11.9 Å². The molecule has 0 heterocycles. The second kappa shape index (κ2) is 6.95. The van der Waals surface area contributed by atoms with Gasteiger partial charge in [-0.3, -0.25) is 4.79 Å². The van der Waals surface area contributed by atoms with E-state index in [1.807, 2.05) is 20.8 Å². The Hall–Kier alpha value is -1.26. The van der Waals surface area contributed by atoms with Crippen LogP contribution in [-0.2, 0) is 4.79 Å². The molecule has 0 spiro atoms. The summed E-state index contributed by atoms with van der Waals surface area (Å²) in [6.07, 6.45) is 0.533. The Morgan fingerprint density at radius 1 is 1.10 bits per heavy atom. The second-order valence-electron chi connectivity index (χ2n) is 7.90. The zero-order valence-corrected chi connectivity index (χ0v) is 13.9. The predicted molar refractivity (Wildman–Crippen MR) is 80.7 cm³/mol. The highest BCUT2D eigenvalue weighted by Crippen LogP contribution is 2.24. The lowest BCUT2D eigenvalue weighted by Gasteiger charge is -2.28. The van der Waals surface area contributed by atoms with Crippen LogP contribution in [0.1, 0.15) is 48.0 Å². The molecule has 0 saturated carbocycles. The maximum atomic E-state index is 11.9. The Balaban J connectivity index is 4.42. The number of nitrogens with zero attached hydrogens (tertiary/aromatic N) is 1. The van der Waals surface area contributed by atoms with Gasteiger partial charge in [-0.1, -0.05) is 41.5 Å². The molecular formula is C15H30N2O3. The Bertz CT molecular complexity index is 340. The van der Waals surface area contributed by atoms with E-state index in [2.05, 4.69) is 26.1 Å². The predicted octanol–water partition coefficient (Wildman–Crippen LogP) is 2.81. The number of aliphatic carboxylic acids is 1. The number of hydrogen-bond acceptors (Lipinski definition) is 2. The summed E-state index contributed by atoms with van der Waals surface area (Å²) in [5, 5.41) is 11.9. The van der Waals surface area contributed by atoms with Crippen molar-refractivity contribution in [1.29, 1.82) is 0 Å². The monoisotopic (exact) mass is 286 g/mol. The van der Waals surface area contributed by atoms with E-state index in [0.717, 1.165) is 0 Å². The smallest absolute Gasteiger partial charge is 0.317 e. The summed E-state index contributed by atoms with van der Waals surface area (Å²) in [5.41, 5.74) is -0.0607. The molecule has 0 aliphatic rings. The SMILES string of the molecule is CN(CC(C)(C)C)C(=O)NCC(CC(C)(C)C)C(=O)O. The van der Waals surface area contributed by atoms with Gasteiger partial charge < -0.3 is 15.3 Å². The van der Waals surface area contributed by atoms with Gasteiger partial charge in [0.2, 0.25) is 0 Å². The summed E-state index contributed by atoms with van der Waals surface area (Å²) < 4.78 is 0. The fourth-order valence-corrected chi connectivity index (χ4v) is 2.11. The minimum Gasteiger partial charge on any atom is -0.481 e. The highest BCUT2D eigenvalue weighted by molar-refractivity contribution is 5.75. The summed E-state index contributed by atoms with van der Waals surface area (Å²) in [5.74, 6) is -1.42. The summed E-state index contributed by atoms with van der Waals surface area (Å²) in [6.45, 7) is 12.9. The van der Waals surface area contributed by atoms with Crippen LogP contribution in [-0.4, -0.2) is 42.1 Å². The molecule has 0 aromatic carbocycles. The number of nitrogens with one attached hydrogen (secondary N) is 1. The average molecular weight is 286 g/mol. The van der Waals surface area contributed by atoms with Crippen LogP contribution in [0.3, 0.4) is 0 Å². The summed E-state index contributed by atoms with van der Waals surface area (Å²) in [4.78, 5) is 24.8. The van der Waals surface area contributed by atoms with Crippen molar-refractivity contribution >= 4 is 12.0 Å². The zero-order chi connectivity index (χ0) is 16.1. The van der Waals surface area contributed by atoms with Crippen LogP contribution in [0.2, 0.25) is 0 Å². The number of carboxylic acids is 1. The standard InChI is InChI=1S/C15H30N2O3/c1-14(2,3)8-11(12(18)19)9-16-13(20)17(7)10-15(4,5)6/h11H,8-10H2,1-7H3,(H,16,20)(H,18,19). The van der Waals surface area contributed by atoms with E-state index in [1.54, 1.807) is 11.9 Å². The highest BCUT2D eigenvalue weighted by atomic mass is 16.4. The van der Waals surface area contributed by atoms with Crippen LogP contribution in [0.4, 0.5) is 4.79 Å². The largest absolute Gasteiger partial charge is 0.481 e. The molecule has 0 rings (SSSR count). The van der Waals surface area contributed by atoms with Gasteiger partial charge in [0.15, 0.2) is 0 Å². The molecule has 1 unspecified atom stereocenters. The molecule has 0 aromatic rings. The highest BCUT2D eigenvalue weighted by Gasteiger charge is 2.26. The Labute approximate surface area is 122 Å². The number of carboxylic acid groups (broad SMARTS) is 1. The van der Waals surface area contributed by atoms with Crippen LogP contribution >= 0.6 is 0 Å². The Kier molecular flexibility index (Phi) is 6.51. The minimum absolute atomic E-state index is 0.0176. The van der Waals surface area contributed by atoms with Crippen LogP contribution < -0.4 is 5.32 Å². The fourth-order valence-electron chi connectivity index (χ4n) is 2.11. The Morgan fingerprint density at radius 3 is 1.95 bits per heavy atom. The van der Waals surface area contributed by atoms with Gasteiger partial charge in [-0.05, 0) is 17.3 Å². The summed E-state index contributed by atoms with van der Waals surface area (Å²) in [7, 11) is 1.72. The molecule has 0 aromatic heterocycles. The van der Waals surface area contributed by atoms with Crippen LogP contribution in [0.15, 0.2) is 0 Å². The van der Waals surface area contributed by atoms with Crippen molar-refractivity contribution in [2.45, 2.75) is 48.0 Å². The first-order valence-electron chi connectivity index (χ1n) is 7.03. The van der Waals surface area contributed by atoms with Crippen molar-refractivity contribution in [1.82, 2.24) is 10.2 Å². The number of urea groups is 1. The van der Waals surface area contributed by atoms with Crippen molar-refractivity contribution in [3.05, 3.63) is 0 Å². The normalized spacial score (nSPS) is 13.8.